The van der Waals surface area contributed by atoms with Crippen molar-refractivity contribution < 1.29 is 14.3 Å². The summed E-state index contributed by atoms with van der Waals surface area (Å²) in [4.78, 5) is 24.4. The number of carbonyl (C=O) groups is 2. The maximum Gasteiger partial charge on any atom is 0.223 e. The van der Waals surface area contributed by atoms with Gasteiger partial charge in [-0.25, -0.2) is 0 Å². The highest BCUT2D eigenvalue weighted by atomic mass is 16.5. The molecular formula is C19H28N2O3. The molecule has 0 heterocycles. The summed E-state index contributed by atoms with van der Waals surface area (Å²) >= 11 is 0. The number of benzene rings is 1. The van der Waals surface area contributed by atoms with Gasteiger partial charge in [0.2, 0.25) is 11.8 Å². The van der Waals surface area contributed by atoms with Crippen LogP contribution in [0.4, 0.5) is 0 Å². The van der Waals surface area contributed by atoms with Gasteiger partial charge in [0.25, 0.3) is 0 Å². The molecule has 132 valence electrons. The first-order chi connectivity index (χ1) is 11.7. The molecule has 2 rings (SSSR count). The predicted octanol–water partition coefficient (Wildman–Crippen LogP) is 2.64. The molecule has 0 saturated heterocycles. The van der Waals surface area contributed by atoms with Gasteiger partial charge in [-0.3, -0.25) is 9.59 Å². The van der Waals surface area contributed by atoms with Crippen molar-refractivity contribution in [3.63, 3.8) is 0 Å². The molecule has 0 radical (unpaired) electrons. The summed E-state index contributed by atoms with van der Waals surface area (Å²) in [5, 5.41) is 5.95. The molecule has 1 aliphatic rings. The first-order valence-electron chi connectivity index (χ1n) is 8.83. The van der Waals surface area contributed by atoms with Crippen molar-refractivity contribution in [1.82, 2.24) is 10.6 Å². The van der Waals surface area contributed by atoms with Crippen molar-refractivity contribution in [3.05, 3.63) is 29.8 Å². The maximum absolute atomic E-state index is 12.4. The molecular weight excluding hydrogens is 304 g/mol. The number of hydrogen-bond donors (Lipinski definition) is 2. The summed E-state index contributed by atoms with van der Waals surface area (Å²) in [6.07, 6.45) is 4.10. The molecule has 5 nitrogen and oxygen atoms in total. The maximum atomic E-state index is 12.4. The van der Waals surface area contributed by atoms with Crippen LogP contribution in [0.3, 0.4) is 0 Å². The fraction of sp³-hybridized carbons (Fsp3) is 0.579. The molecule has 1 aliphatic carbocycles. The van der Waals surface area contributed by atoms with E-state index in [1.54, 1.807) is 7.11 Å². The molecule has 1 fully saturated rings. The van der Waals surface area contributed by atoms with E-state index in [0.29, 0.717) is 6.54 Å². The zero-order valence-corrected chi connectivity index (χ0v) is 14.6. The summed E-state index contributed by atoms with van der Waals surface area (Å²) < 4.78 is 5.30. The van der Waals surface area contributed by atoms with E-state index in [-0.39, 0.29) is 23.7 Å². The summed E-state index contributed by atoms with van der Waals surface area (Å²) in [5.74, 6) is 1.08. The lowest BCUT2D eigenvalue weighted by molar-refractivity contribution is -0.130. The summed E-state index contributed by atoms with van der Waals surface area (Å²) in [5.41, 5.74) is 0.973. The van der Waals surface area contributed by atoms with E-state index >= 15 is 0 Å². The van der Waals surface area contributed by atoms with Gasteiger partial charge < -0.3 is 15.4 Å². The van der Waals surface area contributed by atoms with Crippen molar-refractivity contribution >= 4 is 11.8 Å². The predicted molar refractivity (Wildman–Crippen MR) is 93.6 cm³/mol. The SMILES string of the molecule is CCCNC(=O)C1CCC(C(=O)NCc2ccccc2OC)CC1. The molecule has 0 bridgehead atoms. The third kappa shape index (κ3) is 4.98. The average Bonchev–Trinajstić information content (AvgIpc) is 2.64. The van der Waals surface area contributed by atoms with Gasteiger partial charge in [0, 0.05) is 30.5 Å². The first kappa shape index (κ1) is 18.3. The monoisotopic (exact) mass is 332 g/mol. The number of methoxy groups -OCH3 is 1. The quantitative estimate of drug-likeness (QED) is 0.806. The van der Waals surface area contributed by atoms with E-state index in [9.17, 15) is 9.59 Å². The zero-order valence-electron chi connectivity index (χ0n) is 14.6. The van der Waals surface area contributed by atoms with Crippen LogP contribution in [0.1, 0.15) is 44.6 Å². The third-order valence-electron chi connectivity index (χ3n) is 4.66. The minimum absolute atomic E-state index is 0.00920. The fourth-order valence-corrected chi connectivity index (χ4v) is 3.19. The lowest BCUT2D eigenvalue weighted by atomic mass is 9.81. The highest BCUT2D eigenvalue weighted by molar-refractivity contribution is 5.81. The van der Waals surface area contributed by atoms with Crippen LogP contribution in [-0.4, -0.2) is 25.5 Å². The van der Waals surface area contributed by atoms with E-state index in [2.05, 4.69) is 10.6 Å². The Balaban J connectivity index is 1.77. The largest absolute Gasteiger partial charge is 0.496 e. The Morgan fingerprint density at radius 1 is 1.04 bits per heavy atom. The van der Waals surface area contributed by atoms with Gasteiger partial charge in [-0.1, -0.05) is 25.1 Å². The molecule has 1 aromatic rings. The minimum Gasteiger partial charge on any atom is -0.496 e. The van der Waals surface area contributed by atoms with E-state index in [0.717, 1.165) is 50.0 Å². The van der Waals surface area contributed by atoms with Crippen LogP contribution < -0.4 is 15.4 Å². The molecule has 0 spiro atoms. The van der Waals surface area contributed by atoms with Crippen LogP contribution in [0.5, 0.6) is 5.75 Å². The normalized spacial score (nSPS) is 20.2. The molecule has 5 heteroatoms. The Bertz CT molecular complexity index is 551. The lowest BCUT2D eigenvalue weighted by Gasteiger charge is -2.27. The highest BCUT2D eigenvalue weighted by Gasteiger charge is 2.29. The van der Waals surface area contributed by atoms with Gasteiger partial charge in [0.05, 0.1) is 7.11 Å². The molecule has 0 aromatic heterocycles. The number of amides is 2. The van der Waals surface area contributed by atoms with Crippen LogP contribution in [-0.2, 0) is 16.1 Å². The van der Waals surface area contributed by atoms with E-state index in [1.165, 1.54) is 0 Å². The number of ether oxygens (including phenoxy) is 1. The van der Waals surface area contributed by atoms with Gasteiger partial charge in [-0.2, -0.15) is 0 Å². The Morgan fingerprint density at radius 3 is 2.21 bits per heavy atom. The van der Waals surface area contributed by atoms with Crippen molar-refractivity contribution in [2.24, 2.45) is 11.8 Å². The van der Waals surface area contributed by atoms with Gasteiger partial charge in [-0.05, 0) is 38.2 Å². The number of para-hydroxylation sites is 1. The molecule has 0 atom stereocenters. The fourth-order valence-electron chi connectivity index (χ4n) is 3.19. The van der Waals surface area contributed by atoms with E-state index in [4.69, 9.17) is 4.74 Å². The van der Waals surface area contributed by atoms with Gasteiger partial charge in [0.15, 0.2) is 0 Å². The van der Waals surface area contributed by atoms with Crippen molar-refractivity contribution in [3.8, 4) is 5.75 Å². The van der Waals surface area contributed by atoms with Crippen molar-refractivity contribution in [1.29, 1.82) is 0 Å². The highest BCUT2D eigenvalue weighted by Crippen LogP contribution is 2.29. The molecule has 1 aromatic carbocycles. The van der Waals surface area contributed by atoms with E-state index < -0.39 is 0 Å². The van der Waals surface area contributed by atoms with Crippen LogP contribution in [0.2, 0.25) is 0 Å². The molecule has 1 saturated carbocycles. The molecule has 24 heavy (non-hydrogen) atoms. The number of rotatable bonds is 7. The molecule has 2 amide bonds. The third-order valence-corrected chi connectivity index (χ3v) is 4.66. The average molecular weight is 332 g/mol. The van der Waals surface area contributed by atoms with Gasteiger partial charge in [0.1, 0.15) is 5.75 Å². The summed E-state index contributed by atoms with van der Waals surface area (Å²) in [7, 11) is 1.63. The minimum atomic E-state index is 0.00920. The Hall–Kier alpha value is -2.04. The summed E-state index contributed by atoms with van der Waals surface area (Å²) in [6, 6.07) is 7.69. The van der Waals surface area contributed by atoms with Crippen molar-refractivity contribution in [2.45, 2.75) is 45.6 Å². The van der Waals surface area contributed by atoms with Crippen LogP contribution in [0, 0.1) is 11.8 Å². The Morgan fingerprint density at radius 2 is 1.62 bits per heavy atom. The molecule has 2 N–H and O–H groups in total. The van der Waals surface area contributed by atoms with E-state index in [1.807, 2.05) is 31.2 Å². The van der Waals surface area contributed by atoms with Crippen LogP contribution >= 0.6 is 0 Å². The second-order valence-electron chi connectivity index (χ2n) is 6.37. The number of nitrogens with one attached hydrogen (secondary N) is 2. The lowest BCUT2D eigenvalue weighted by Crippen LogP contribution is -2.37. The zero-order chi connectivity index (χ0) is 17.4. The first-order valence-corrected chi connectivity index (χ1v) is 8.83. The smallest absolute Gasteiger partial charge is 0.223 e. The Kier molecular flexibility index (Phi) is 7.09. The second kappa shape index (κ2) is 9.30. The van der Waals surface area contributed by atoms with Crippen molar-refractivity contribution in [2.75, 3.05) is 13.7 Å². The Labute approximate surface area is 144 Å². The van der Waals surface area contributed by atoms with Gasteiger partial charge >= 0.3 is 0 Å². The standard InChI is InChI=1S/C19H28N2O3/c1-3-12-20-18(22)14-8-10-15(11-9-14)19(23)21-13-16-6-4-5-7-17(16)24-2/h4-7,14-15H,3,8-13H2,1-2H3,(H,20,22)(H,21,23). The topological polar surface area (TPSA) is 67.4 Å². The van der Waals surface area contributed by atoms with Crippen LogP contribution in [0.25, 0.3) is 0 Å². The molecule has 0 unspecified atom stereocenters. The second-order valence-corrected chi connectivity index (χ2v) is 6.37. The number of hydrogen-bond acceptors (Lipinski definition) is 3. The van der Waals surface area contributed by atoms with Crippen LogP contribution in [0.15, 0.2) is 24.3 Å². The van der Waals surface area contributed by atoms with Gasteiger partial charge in [-0.15, -0.1) is 0 Å². The number of carbonyl (C=O) groups excluding carboxylic acids is 2. The molecule has 0 aliphatic heterocycles. The summed E-state index contributed by atoms with van der Waals surface area (Å²) in [6.45, 7) is 3.25.